The lowest BCUT2D eigenvalue weighted by atomic mass is 9.92. The average molecular weight is 407 g/mol. The van der Waals surface area contributed by atoms with Crippen molar-refractivity contribution in [3.05, 3.63) is 65.2 Å². The van der Waals surface area contributed by atoms with Gasteiger partial charge in [-0.05, 0) is 37.5 Å². The Kier molecular flexibility index (Phi) is 4.37. The zero-order valence-electron chi connectivity index (χ0n) is 16.2. The van der Waals surface area contributed by atoms with Crippen LogP contribution in [0.3, 0.4) is 0 Å². The second-order valence-corrected chi connectivity index (χ2v) is 8.85. The van der Waals surface area contributed by atoms with Crippen LogP contribution in [0.4, 0.5) is 4.79 Å². The van der Waals surface area contributed by atoms with Gasteiger partial charge in [0.25, 0.3) is 5.91 Å². The van der Waals surface area contributed by atoms with Gasteiger partial charge < -0.3 is 5.32 Å². The second kappa shape index (κ2) is 6.93. The van der Waals surface area contributed by atoms with Gasteiger partial charge in [0.2, 0.25) is 0 Å². The van der Waals surface area contributed by atoms with Crippen LogP contribution in [-0.4, -0.2) is 39.9 Å². The Morgan fingerprint density at radius 2 is 1.90 bits per heavy atom. The number of hydrogen-bond donors (Lipinski definition) is 1. The Labute approximate surface area is 173 Å². The van der Waals surface area contributed by atoms with Crippen LogP contribution in [-0.2, 0) is 10.3 Å². The fourth-order valence-corrected chi connectivity index (χ4v) is 5.42. The third-order valence-electron chi connectivity index (χ3n) is 5.91. The molecule has 2 fully saturated rings. The number of likely N-dealkylation sites (tertiary alicyclic amines) is 1. The molecule has 2 atom stereocenters. The number of thiazole rings is 1. The molecule has 148 valence electrons. The van der Waals surface area contributed by atoms with E-state index in [4.69, 9.17) is 4.98 Å². The van der Waals surface area contributed by atoms with Gasteiger partial charge in [-0.25, -0.2) is 14.7 Å². The first-order valence-corrected chi connectivity index (χ1v) is 10.7. The lowest BCUT2D eigenvalue weighted by Gasteiger charge is -2.27. The fourth-order valence-electron chi connectivity index (χ4n) is 4.28. The molecule has 0 unspecified atom stereocenters. The van der Waals surface area contributed by atoms with Gasteiger partial charge in [-0.2, -0.15) is 0 Å². The molecule has 3 amide bonds. The summed E-state index contributed by atoms with van der Waals surface area (Å²) < 4.78 is 1.17. The van der Waals surface area contributed by atoms with Gasteiger partial charge in [0, 0.05) is 6.54 Å². The largest absolute Gasteiger partial charge is 0.326 e. The first kappa shape index (κ1) is 18.3. The van der Waals surface area contributed by atoms with E-state index in [9.17, 15) is 9.59 Å². The van der Waals surface area contributed by atoms with Crippen LogP contribution in [0.2, 0.25) is 0 Å². The third kappa shape index (κ3) is 3.01. The minimum atomic E-state index is -1.02. The minimum absolute atomic E-state index is 0.136. The molecule has 0 saturated carbocycles. The fraction of sp³-hybridized carbons (Fsp3) is 0.318. The van der Waals surface area contributed by atoms with E-state index in [-0.39, 0.29) is 24.6 Å². The molecule has 2 aliphatic heterocycles. The number of nitrogens with zero attached hydrogens (tertiary/aromatic N) is 3. The Morgan fingerprint density at radius 1 is 1.14 bits per heavy atom. The van der Waals surface area contributed by atoms with E-state index < -0.39 is 5.54 Å². The number of urea groups is 1. The van der Waals surface area contributed by atoms with E-state index >= 15 is 0 Å². The topological polar surface area (TPSA) is 65.5 Å². The van der Waals surface area contributed by atoms with Gasteiger partial charge in [0.15, 0.2) is 0 Å². The number of imide groups is 1. The predicted molar refractivity (Wildman–Crippen MR) is 112 cm³/mol. The standard InChI is InChI=1S/C22H22N4O2S/c1-22(15-8-3-2-4-9-15)20(27)26(21(28)24-22)14-25-13-7-11-17(25)19-23-16-10-5-6-12-18(16)29-19/h2-6,8-10,12,17H,7,11,13-14H2,1H3,(H,24,28)/t17-,22+/m0/s1. The molecule has 0 aliphatic carbocycles. The molecule has 2 aromatic carbocycles. The number of rotatable bonds is 4. The number of para-hydroxylation sites is 1. The highest BCUT2D eigenvalue weighted by molar-refractivity contribution is 7.18. The summed E-state index contributed by atoms with van der Waals surface area (Å²) in [6.07, 6.45) is 2.01. The number of carbonyl (C=O) groups excluding carboxylic acids is 2. The van der Waals surface area contributed by atoms with Gasteiger partial charge >= 0.3 is 6.03 Å². The summed E-state index contributed by atoms with van der Waals surface area (Å²) in [5.41, 5.74) is 0.777. The van der Waals surface area contributed by atoms with Crippen molar-refractivity contribution in [2.75, 3.05) is 13.2 Å². The van der Waals surface area contributed by atoms with Gasteiger partial charge in [-0.15, -0.1) is 11.3 Å². The molecule has 1 N–H and O–H groups in total. The first-order valence-electron chi connectivity index (χ1n) is 9.85. The summed E-state index contributed by atoms with van der Waals surface area (Å²) in [6.45, 7) is 2.91. The first-order chi connectivity index (χ1) is 14.1. The van der Waals surface area contributed by atoms with E-state index in [2.05, 4.69) is 16.3 Å². The summed E-state index contributed by atoms with van der Waals surface area (Å²) in [7, 11) is 0. The summed E-state index contributed by atoms with van der Waals surface area (Å²) in [6, 6.07) is 17.3. The van der Waals surface area contributed by atoms with E-state index in [0.29, 0.717) is 0 Å². The van der Waals surface area contributed by atoms with E-state index in [1.54, 1.807) is 18.3 Å². The highest BCUT2D eigenvalue weighted by atomic mass is 32.1. The maximum atomic E-state index is 13.2. The van der Waals surface area contributed by atoms with Crippen molar-refractivity contribution in [2.24, 2.45) is 0 Å². The van der Waals surface area contributed by atoms with Crippen molar-refractivity contribution in [1.29, 1.82) is 0 Å². The number of benzene rings is 2. The summed E-state index contributed by atoms with van der Waals surface area (Å²) in [5, 5.41) is 3.95. The maximum Gasteiger partial charge on any atom is 0.326 e. The Hall–Kier alpha value is -2.77. The van der Waals surface area contributed by atoms with Crippen molar-refractivity contribution < 1.29 is 9.59 Å². The third-order valence-corrected chi connectivity index (χ3v) is 7.05. The number of carbonyl (C=O) groups is 2. The van der Waals surface area contributed by atoms with Crippen LogP contribution in [0.15, 0.2) is 54.6 Å². The molecule has 6 nitrogen and oxygen atoms in total. The monoisotopic (exact) mass is 406 g/mol. The van der Waals surface area contributed by atoms with Crippen molar-refractivity contribution in [3.8, 4) is 0 Å². The minimum Gasteiger partial charge on any atom is -0.319 e. The predicted octanol–water partition coefficient (Wildman–Crippen LogP) is 3.86. The average Bonchev–Trinajstić information content (AvgIpc) is 3.42. The zero-order valence-corrected chi connectivity index (χ0v) is 17.0. The molecule has 3 aromatic rings. The van der Waals surface area contributed by atoms with Gasteiger partial charge in [0.05, 0.1) is 22.9 Å². The summed E-state index contributed by atoms with van der Waals surface area (Å²) >= 11 is 1.70. The zero-order chi connectivity index (χ0) is 20.0. The molecule has 0 spiro atoms. The van der Waals surface area contributed by atoms with Crippen LogP contribution in [0.1, 0.15) is 36.4 Å². The molecular formula is C22H22N4O2S. The van der Waals surface area contributed by atoms with E-state index in [0.717, 1.165) is 35.5 Å². The second-order valence-electron chi connectivity index (χ2n) is 7.79. The van der Waals surface area contributed by atoms with Gasteiger partial charge in [0.1, 0.15) is 10.5 Å². The quantitative estimate of drug-likeness (QED) is 0.668. The Bertz CT molecular complexity index is 1050. The van der Waals surface area contributed by atoms with Crippen LogP contribution >= 0.6 is 11.3 Å². The molecule has 5 rings (SSSR count). The van der Waals surface area contributed by atoms with Crippen molar-refractivity contribution in [2.45, 2.75) is 31.3 Å². The number of hydrogen-bond acceptors (Lipinski definition) is 5. The summed E-state index contributed by atoms with van der Waals surface area (Å²) in [4.78, 5) is 34.3. The summed E-state index contributed by atoms with van der Waals surface area (Å²) in [5.74, 6) is -0.205. The van der Waals surface area contributed by atoms with Crippen molar-refractivity contribution >= 4 is 33.5 Å². The Morgan fingerprint density at radius 3 is 2.69 bits per heavy atom. The highest BCUT2D eigenvalue weighted by Crippen LogP contribution is 2.37. The molecule has 0 bridgehead atoms. The SMILES string of the molecule is C[C@]1(c2ccccc2)NC(=O)N(CN2CCC[C@H]2c2nc3ccccc3s2)C1=O. The molecule has 0 radical (unpaired) electrons. The number of aromatic nitrogens is 1. The molecule has 7 heteroatoms. The molecule has 2 aliphatic rings. The smallest absolute Gasteiger partial charge is 0.319 e. The lowest BCUT2D eigenvalue weighted by molar-refractivity contribution is -0.132. The highest BCUT2D eigenvalue weighted by Gasteiger charge is 2.50. The molecule has 3 heterocycles. The van der Waals surface area contributed by atoms with Crippen LogP contribution in [0, 0.1) is 0 Å². The normalized spacial score (nSPS) is 25.1. The molecular weight excluding hydrogens is 384 g/mol. The van der Waals surface area contributed by atoms with Crippen molar-refractivity contribution in [3.63, 3.8) is 0 Å². The van der Waals surface area contributed by atoms with Crippen LogP contribution in [0.5, 0.6) is 0 Å². The number of fused-ring (bicyclic) bond motifs is 1. The van der Waals surface area contributed by atoms with Gasteiger partial charge in [-0.3, -0.25) is 9.69 Å². The van der Waals surface area contributed by atoms with Crippen LogP contribution < -0.4 is 5.32 Å². The molecule has 29 heavy (non-hydrogen) atoms. The Balaban J connectivity index is 1.39. The van der Waals surface area contributed by atoms with Crippen LogP contribution in [0.25, 0.3) is 10.2 Å². The van der Waals surface area contributed by atoms with E-state index in [1.165, 1.54) is 9.60 Å². The molecule has 1 aromatic heterocycles. The maximum absolute atomic E-state index is 13.2. The molecule has 2 saturated heterocycles. The van der Waals surface area contributed by atoms with E-state index in [1.807, 2.05) is 48.5 Å². The number of amides is 3. The number of nitrogens with one attached hydrogen (secondary N) is 1. The van der Waals surface area contributed by atoms with Gasteiger partial charge in [-0.1, -0.05) is 42.5 Å². The van der Waals surface area contributed by atoms with Crippen molar-refractivity contribution in [1.82, 2.24) is 20.1 Å². The lowest BCUT2D eigenvalue weighted by Crippen LogP contribution is -2.43.